The van der Waals surface area contributed by atoms with Crippen molar-refractivity contribution in [3.63, 3.8) is 0 Å². The Morgan fingerprint density at radius 3 is 1.90 bits per heavy atom. The Bertz CT molecular complexity index is 808. The Kier molecular flexibility index (Phi) is 5.18. The molecule has 5 fully saturated rings. The third-order valence-electron chi connectivity index (χ3n) is 8.62. The smallest absolute Gasteiger partial charge is 0.251 e. The van der Waals surface area contributed by atoms with Crippen LogP contribution in [0.2, 0.25) is 0 Å². The Labute approximate surface area is 187 Å². The highest BCUT2D eigenvalue weighted by atomic mass is 16.2. The number of rotatable bonds is 3. The molecule has 6 rings (SSSR count). The highest BCUT2D eigenvalue weighted by molar-refractivity contribution is 5.94. The van der Waals surface area contributed by atoms with Crippen LogP contribution in [0.4, 0.5) is 0 Å². The molecule has 1 aromatic rings. The zero-order chi connectivity index (χ0) is 21.8. The van der Waals surface area contributed by atoms with E-state index in [1.54, 1.807) is 0 Å². The van der Waals surface area contributed by atoms with Gasteiger partial charge in [-0.05, 0) is 92.2 Å². The van der Waals surface area contributed by atoms with Crippen LogP contribution in [-0.4, -0.2) is 35.8 Å². The van der Waals surface area contributed by atoms with Gasteiger partial charge in [-0.25, -0.2) is 0 Å². The van der Waals surface area contributed by atoms with Gasteiger partial charge < -0.3 is 10.2 Å². The molecule has 31 heavy (non-hydrogen) atoms. The molecule has 0 aromatic heterocycles. The van der Waals surface area contributed by atoms with Crippen molar-refractivity contribution < 1.29 is 9.59 Å². The summed E-state index contributed by atoms with van der Waals surface area (Å²) in [6.07, 6.45) is 9.26. The number of amides is 2. The van der Waals surface area contributed by atoms with E-state index in [0.717, 1.165) is 68.5 Å². The van der Waals surface area contributed by atoms with E-state index in [-0.39, 0.29) is 22.8 Å². The van der Waals surface area contributed by atoms with Gasteiger partial charge in [0.05, 0.1) is 5.41 Å². The predicted octanol–water partition coefficient (Wildman–Crippen LogP) is 4.92. The highest BCUT2D eigenvalue weighted by Gasteiger charge is 2.55. The van der Waals surface area contributed by atoms with Gasteiger partial charge in [0.1, 0.15) is 0 Å². The Balaban J connectivity index is 1.16. The van der Waals surface area contributed by atoms with Crippen molar-refractivity contribution in [2.45, 2.75) is 83.6 Å². The molecular weight excluding hydrogens is 384 g/mol. The fourth-order valence-corrected chi connectivity index (χ4v) is 7.33. The molecule has 0 radical (unpaired) electrons. The average molecular weight is 423 g/mol. The minimum atomic E-state index is -0.0420. The number of nitrogens with one attached hydrogen (secondary N) is 1. The summed E-state index contributed by atoms with van der Waals surface area (Å²) in [5.41, 5.74) is 2.01. The van der Waals surface area contributed by atoms with Crippen LogP contribution in [0.5, 0.6) is 0 Å². The molecule has 1 N–H and O–H groups in total. The van der Waals surface area contributed by atoms with Crippen molar-refractivity contribution in [1.29, 1.82) is 0 Å². The van der Waals surface area contributed by atoms with Crippen LogP contribution in [-0.2, 0) is 10.2 Å². The topological polar surface area (TPSA) is 49.4 Å². The molecule has 2 amide bonds. The molecule has 0 spiro atoms. The van der Waals surface area contributed by atoms with Crippen LogP contribution in [0.15, 0.2) is 24.3 Å². The quantitative estimate of drug-likeness (QED) is 0.751. The molecule has 4 heteroatoms. The molecular formula is C27H38N2O2. The van der Waals surface area contributed by atoms with Crippen molar-refractivity contribution in [3.8, 4) is 0 Å². The van der Waals surface area contributed by atoms with Gasteiger partial charge in [-0.2, -0.15) is 0 Å². The first kappa shape index (κ1) is 21.0. The fraction of sp³-hybridized carbons (Fsp3) is 0.704. The molecule has 5 aliphatic rings. The van der Waals surface area contributed by atoms with Crippen molar-refractivity contribution in [2.24, 2.45) is 23.2 Å². The van der Waals surface area contributed by atoms with Gasteiger partial charge in [-0.15, -0.1) is 0 Å². The number of piperidine rings is 1. The zero-order valence-corrected chi connectivity index (χ0v) is 19.5. The SMILES string of the molecule is CC(C)(C)c1ccc(C(=O)NC2CCN(C(=O)C34CC5CC(CC(C5)C3)C4)CC2)cc1. The van der Waals surface area contributed by atoms with E-state index < -0.39 is 0 Å². The lowest BCUT2D eigenvalue weighted by Gasteiger charge is -2.57. The molecule has 4 bridgehead atoms. The van der Waals surface area contributed by atoms with Crippen molar-refractivity contribution in [2.75, 3.05) is 13.1 Å². The summed E-state index contributed by atoms with van der Waals surface area (Å²) in [5, 5.41) is 3.21. The lowest BCUT2D eigenvalue weighted by Crippen LogP contribution is -2.56. The summed E-state index contributed by atoms with van der Waals surface area (Å²) in [5.74, 6) is 2.85. The van der Waals surface area contributed by atoms with E-state index in [4.69, 9.17) is 0 Å². The summed E-state index contributed by atoms with van der Waals surface area (Å²) in [7, 11) is 0. The third-order valence-corrected chi connectivity index (χ3v) is 8.62. The van der Waals surface area contributed by atoms with Crippen LogP contribution in [0.1, 0.15) is 88.1 Å². The molecule has 0 unspecified atom stereocenters. The number of likely N-dealkylation sites (tertiary alicyclic amines) is 1. The van der Waals surface area contributed by atoms with E-state index in [0.29, 0.717) is 5.91 Å². The second-order valence-corrected chi connectivity index (χ2v) is 12.1. The second kappa shape index (κ2) is 7.64. The first-order valence-corrected chi connectivity index (χ1v) is 12.4. The number of carbonyl (C=O) groups excluding carboxylic acids is 2. The van der Waals surface area contributed by atoms with Crippen molar-refractivity contribution in [1.82, 2.24) is 10.2 Å². The minimum absolute atomic E-state index is 0.00585. The monoisotopic (exact) mass is 422 g/mol. The molecule has 4 aliphatic carbocycles. The maximum absolute atomic E-state index is 13.6. The van der Waals surface area contributed by atoms with Crippen LogP contribution in [0.25, 0.3) is 0 Å². The summed E-state index contributed by atoms with van der Waals surface area (Å²) >= 11 is 0. The fourth-order valence-electron chi connectivity index (χ4n) is 7.33. The van der Waals surface area contributed by atoms with E-state index in [9.17, 15) is 9.59 Å². The van der Waals surface area contributed by atoms with E-state index in [2.05, 4.69) is 43.1 Å². The Morgan fingerprint density at radius 1 is 0.903 bits per heavy atom. The van der Waals surface area contributed by atoms with Gasteiger partial charge in [-0.1, -0.05) is 32.9 Å². The van der Waals surface area contributed by atoms with Gasteiger partial charge in [0, 0.05) is 24.7 Å². The molecule has 1 heterocycles. The molecule has 1 aromatic carbocycles. The number of hydrogen-bond donors (Lipinski definition) is 1. The Hall–Kier alpha value is -1.84. The molecule has 0 atom stereocenters. The normalized spacial score (nSPS) is 32.9. The molecule has 1 saturated heterocycles. The summed E-state index contributed by atoms with van der Waals surface area (Å²) in [6.45, 7) is 8.12. The van der Waals surface area contributed by atoms with Gasteiger partial charge in [0.2, 0.25) is 5.91 Å². The standard InChI is InChI=1S/C27H38N2O2/c1-26(2,3)22-6-4-21(5-7-22)24(30)28-23-8-10-29(11-9-23)25(31)27-15-18-12-19(16-27)14-20(13-18)17-27/h4-7,18-20,23H,8-17H2,1-3H3,(H,28,30). The van der Waals surface area contributed by atoms with Crippen LogP contribution < -0.4 is 5.32 Å². The second-order valence-electron chi connectivity index (χ2n) is 12.1. The number of benzene rings is 1. The maximum atomic E-state index is 13.6. The Morgan fingerprint density at radius 2 is 1.42 bits per heavy atom. The van der Waals surface area contributed by atoms with Crippen LogP contribution >= 0.6 is 0 Å². The number of nitrogens with zero attached hydrogens (tertiary/aromatic N) is 1. The van der Waals surface area contributed by atoms with Gasteiger partial charge in [-0.3, -0.25) is 9.59 Å². The lowest BCUT2D eigenvalue weighted by atomic mass is 9.49. The van der Waals surface area contributed by atoms with E-state index in [1.165, 1.54) is 24.8 Å². The van der Waals surface area contributed by atoms with Gasteiger partial charge >= 0.3 is 0 Å². The van der Waals surface area contributed by atoms with Crippen LogP contribution in [0.3, 0.4) is 0 Å². The maximum Gasteiger partial charge on any atom is 0.251 e. The van der Waals surface area contributed by atoms with E-state index >= 15 is 0 Å². The summed E-state index contributed by atoms with van der Waals surface area (Å²) in [6, 6.07) is 8.14. The largest absolute Gasteiger partial charge is 0.349 e. The number of hydrogen-bond acceptors (Lipinski definition) is 2. The first-order chi connectivity index (χ1) is 14.7. The third kappa shape index (κ3) is 4.03. The zero-order valence-electron chi connectivity index (χ0n) is 19.5. The molecule has 4 saturated carbocycles. The van der Waals surface area contributed by atoms with E-state index in [1.807, 2.05) is 12.1 Å². The molecule has 4 nitrogen and oxygen atoms in total. The van der Waals surface area contributed by atoms with Crippen LogP contribution in [0, 0.1) is 23.2 Å². The van der Waals surface area contributed by atoms with Crippen molar-refractivity contribution >= 4 is 11.8 Å². The molecule has 168 valence electrons. The number of carbonyl (C=O) groups is 2. The predicted molar refractivity (Wildman–Crippen MR) is 123 cm³/mol. The highest BCUT2D eigenvalue weighted by Crippen LogP contribution is 2.60. The first-order valence-electron chi connectivity index (χ1n) is 12.4. The van der Waals surface area contributed by atoms with Crippen molar-refractivity contribution in [3.05, 3.63) is 35.4 Å². The summed E-state index contributed by atoms with van der Waals surface area (Å²) in [4.78, 5) is 28.4. The average Bonchev–Trinajstić information content (AvgIpc) is 2.72. The molecule has 1 aliphatic heterocycles. The minimum Gasteiger partial charge on any atom is -0.349 e. The lowest BCUT2D eigenvalue weighted by molar-refractivity contribution is -0.158. The summed E-state index contributed by atoms with van der Waals surface area (Å²) < 4.78 is 0. The van der Waals surface area contributed by atoms with Gasteiger partial charge in [0.25, 0.3) is 5.91 Å². The van der Waals surface area contributed by atoms with Gasteiger partial charge in [0.15, 0.2) is 0 Å².